The average molecular weight is 688 g/mol. The molecule has 0 bridgehead atoms. The van der Waals surface area contributed by atoms with Gasteiger partial charge in [0.25, 0.3) is 0 Å². The first-order chi connectivity index (χ1) is 26.8. The number of para-hydroxylation sites is 3. The number of hydrogen-bond donors (Lipinski definition) is 0. The molecule has 2 nitrogen and oxygen atoms in total. The molecular formula is C52H33NO. The fourth-order valence-corrected chi connectivity index (χ4v) is 9.86. The van der Waals surface area contributed by atoms with Crippen LogP contribution < -0.4 is 9.64 Å². The number of rotatable bonds is 3. The first kappa shape index (κ1) is 29.7. The molecule has 12 rings (SSSR count). The van der Waals surface area contributed by atoms with Gasteiger partial charge in [-0.3, -0.25) is 0 Å². The SMILES string of the molecule is c1ccc(N(c2ccc3c(c2)Cc2cc4ccccc4cc2-3)c2ccc3c(c2)C2(c4ccccc4Oc4ccccc42)c2cccc4cccc-3c24)cc1. The van der Waals surface area contributed by atoms with E-state index in [4.69, 9.17) is 4.74 Å². The second kappa shape index (κ2) is 11.1. The Morgan fingerprint density at radius 1 is 0.370 bits per heavy atom. The van der Waals surface area contributed by atoms with Gasteiger partial charge in [0.1, 0.15) is 11.5 Å². The molecule has 9 aromatic carbocycles. The summed E-state index contributed by atoms with van der Waals surface area (Å²) in [4.78, 5) is 2.44. The summed E-state index contributed by atoms with van der Waals surface area (Å²) in [6, 6.07) is 69.3. The van der Waals surface area contributed by atoms with Gasteiger partial charge in [0.05, 0.1) is 5.41 Å². The molecular weight excluding hydrogens is 655 g/mol. The Bertz CT molecular complexity index is 2960. The number of anilines is 3. The van der Waals surface area contributed by atoms with Crippen molar-refractivity contribution in [1.29, 1.82) is 0 Å². The van der Waals surface area contributed by atoms with Crippen LogP contribution in [0.15, 0.2) is 188 Å². The summed E-state index contributed by atoms with van der Waals surface area (Å²) in [6.45, 7) is 0. The van der Waals surface area contributed by atoms with Gasteiger partial charge in [-0.05, 0) is 127 Å². The smallest absolute Gasteiger partial charge is 0.132 e. The molecule has 2 heteroatoms. The molecule has 0 N–H and O–H groups in total. The Hall–Kier alpha value is -6.90. The van der Waals surface area contributed by atoms with Crippen molar-refractivity contribution in [1.82, 2.24) is 0 Å². The fourth-order valence-electron chi connectivity index (χ4n) is 9.86. The Balaban J connectivity index is 1.12. The van der Waals surface area contributed by atoms with E-state index in [0.717, 1.165) is 46.1 Å². The van der Waals surface area contributed by atoms with Crippen molar-refractivity contribution in [3.8, 4) is 33.8 Å². The Kier molecular flexibility index (Phi) is 6.07. The zero-order chi connectivity index (χ0) is 35.4. The van der Waals surface area contributed by atoms with Gasteiger partial charge in [-0.15, -0.1) is 0 Å². The Morgan fingerprint density at radius 2 is 0.963 bits per heavy atom. The van der Waals surface area contributed by atoms with Crippen molar-refractivity contribution >= 4 is 38.6 Å². The largest absolute Gasteiger partial charge is 0.457 e. The summed E-state index contributed by atoms with van der Waals surface area (Å²) >= 11 is 0. The van der Waals surface area contributed by atoms with E-state index in [1.165, 1.54) is 66.1 Å². The minimum Gasteiger partial charge on any atom is -0.457 e. The van der Waals surface area contributed by atoms with Gasteiger partial charge in [-0.1, -0.05) is 133 Å². The quantitative estimate of drug-likeness (QED) is 0.183. The summed E-state index contributed by atoms with van der Waals surface area (Å²) in [5.41, 5.74) is 15.6. The van der Waals surface area contributed by atoms with Crippen LogP contribution in [0.1, 0.15) is 33.4 Å². The number of hydrogen-bond acceptors (Lipinski definition) is 2. The number of nitrogens with zero attached hydrogens (tertiary/aromatic N) is 1. The molecule has 1 aliphatic heterocycles. The van der Waals surface area contributed by atoms with Crippen LogP contribution in [0.4, 0.5) is 17.1 Å². The first-order valence-electron chi connectivity index (χ1n) is 18.8. The van der Waals surface area contributed by atoms with E-state index >= 15 is 0 Å². The Morgan fingerprint density at radius 3 is 1.74 bits per heavy atom. The second-order valence-corrected chi connectivity index (χ2v) is 14.8. The third-order valence-electron chi connectivity index (χ3n) is 12.1. The van der Waals surface area contributed by atoms with Crippen LogP contribution in [0.25, 0.3) is 43.8 Å². The molecule has 1 heterocycles. The minimum absolute atomic E-state index is 0.603. The van der Waals surface area contributed by atoms with Crippen LogP contribution >= 0.6 is 0 Å². The predicted octanol–water partition coefficient (Wildman–Crippen LogP) is 13.5. The van der Waals surface area contributed by atoms with Crippen molar-refractivity contribution in [3.05, 3.63) is 221 Å². The number of ether oxygens (including phenoxy) is 1. The van der Waals surface area contributed by atoms with Crippen LogP contribution in [0.3, 0.4) is 0 Å². The van der Waals surface area contributed by atoms with E-state index in [0.29, 0.717) is 0 Å². The summed E-state index contributed by atoms with van der Waals surface area (Å²) in [5.74, 6) is 1.80. The van der Waals surface area contributed by atoms with Gasteiger partial charge < -0.3 is 9.64 Å². The molecule has 0 amide bonds. The predicted molar refractivity (Wildman–Crippen MR) is 222 cm³/mol. The molecule has 0 atom stereocenters. The molecule has 0 radical (unpaired) electrons. The van der Waals surface area contributed by atoms with Gasteiger partial charge in [-0.25, -0.2) is 0 Å². The van der Waals surface area contributed by atoms with Crippen LogP contribution in [0, 0.1) is 0 Å². The van der Waals surface area contributed by atoms with E-state index in [-0.39, 0.29) is 0 Å². The van der Waals surface area contributed by atoms with Crippen molar-refractivity contribution in [2.45, 2.75) is 11.8 Å². The van der Waals surface area contributed by atoms with E-state index in [1.807, 2.05) is 0 Å². The maximum atomic E-state index is 6.70. The standard InChI is InChI=1S/C52H33NO/c1-2-16-38(17-3-1)53(39-24-26-41-37(30-39)29-36-28-34-12-4-5-13-35(34)31-44(36)41)40-25-27-42-43-18-10-14-33-15-11-21-47(51(33)43)52(48(42)32-40)45-19-6-8-22-49(45)54-50-23-9-7-20-46(50)52/h1-28,30-32H,29H2. The topological polar surface area (TPSA) is 12.5 Å². The van der Waals surface area contributed by atoms with Crippen molar-refractivity contribution < 1.29 is 4.74 Å². The minimum atomic E-state index is -0.603. The zero-order valence-electron chi connectivity index (χ0n) is 29.5. The van der Waals surface area contributed by atoms with Crippen molar-refractivity contribution in [2.24, 2.45) is 0 Å². The van der Waals surface area contributed by atoms with Gasteiger partial charge in [-0.2, -0.15) is 0 Å². The normalized spacial score (nSPS) is 13.8. The zero-order valence-corrected chi connectivity index (χ0v) is 29.5. The molecule has 9 aromatic rings. The van der Waals surface area contributed by atoms with E-state index in [1.54, 1.807) is 0 Å². The van der Waals surface area contributed by atoms with Crippen molar-refractivity contribution in [2.75, 3.05) is 4.90 Å². The van der Waals surface area contributed by atoms with Crippen LogP contribution in [-0.4, -0.2) is 0 Å². The Labute approximate surface area is 314 Å². The van der Waals surface area contributed by atoms with Gasteiger partial charge >= 0.3 is 0 Å². The first-order valence-corrected chi connectivity index (χ1v) is 18.8. The molecule has 0 fully saturated rings. The molecule has 0 unspecified atom stereocenters. The summed E-state index contributed by atoms with van der Waals surface area (Å²) in [6.07, 6.45) is 0.924. The molecule has 0 saturated carbocycles. The highest BCUT2D eigenvalue weighted by atomic mass is 16.5. The molecule has 54 heavy (non-hydrogen) atoms. The maximum Gasteiger partial charge on any atom is 0.132 e. The summed E-state index contributed by atoms with van der Waals surface area (Å²) in [5, 5.41) is 5.14. The van der Waals surface area contributed by atoms with Gasteiger partial charge in [0.2, 0.25) is 0 Å². The van der Waals surface area contributed by atoms with Crippen LogP contribution in [-0.2, 0) is 11.8 Å². The molecule has 1 spiro atoms. The lowest BCUT2D eigenvalue weighted by Gasteiger charge is -2.45. The lowest BCUT2D eigenvalue weighted by atomic mass is 9.58. The van der Waals surface area contributed by atoms with Gasteiger partial charge in [0, 0.05) is 28.2 Å². The lowest BCUT2D eigenvalue weighted by Crippen LogP contribution is -2.36. The number of benzene rings is 9. The summed E-state index contributed by atoms with van der Waals surface area (Å²) < 4.78 is 6.70. The highest BCUT2D eigenvalue weighted by molar-refractivity contribution is 6.06. The maximum absolute atomic E-state index is 6.70. The van der Waals surface area contributed by atoms with E-state index in [2.05, 4.69) is 193 Å². The molecule has 3 aliphatic rings. The van der Waals surface area contributed by atoms with Crippen molar-refractivity contribution in [3.63, 3.8) is 0 Å². The van der Waals surface area contributed by atoms with E-state index in [9.17, 15) is 0 Å². The summed E-state index contributed by atoms with van der Waals surface area (Å²) in [7, 11) is 0. The lowest BCUT2D eigenvalue weighted by molar-refractivity contribution is 0.435. The van der Waals surface area contributed by atoms with E-state index < -0.39 is 5.41 Å². The average Bonchev–Trinajstić information content (AvgIpc) is 3.58. The third-order valence-corrected chi connectivity index (χ3v) is 12.1. The second-order valence-electron chi connectivity index (χ2n) is 14.8. The van der Waals surface area contributed by atoms with Gasteiger partial charge in [0.15, 0.2) is 0 Å². The highest BCUT2D eigenvalue weighted by Gasteiger charge is 2.49. The monoisotopic (exact) mass is 687 g/mol. The van der Waals surface area contributed by atoms with Crippen LogP contribution in [0.2, 0.25) is 0 Å². The van der Waals surface area contributed by atoms with Crippen LogP contribution in [0.5, 0.6) is 11.5 Å². The third kappa shape index (κ3) is 4.00. The fraction of sp³-hybridized carbons (Fsp3) is 0.0385. The number of fused-ring (bicyclic) bond motifs is 12. The molecule has 0 saturated heterocycles. The molecule has 2 aliphatic carbocycles. The molecule has 252 valence electrons. The molecule has 0 aromatic heterocycles. The highest BCUT2D eigenvalue weighted by Crippen LogP contribution is 2.61.